The van der Waals surface area contributed by atoms with Crippen molar-refractivity contribution >= 4 is 10.9 Å². The minimum absolute atomic E-state index is 0.309. The summed E-state index contributed by atoms with van der Waals surface area (Å²) in [5.74, 6) is 0. The van der Waals surface area contributed by atoms with Crippen LogP contribution in [0.2, 0.25) is 0 Å². The van der Waals surface area contributed by atoms with Crippen molar-refractivity contribution < 1.29 is 4.74 Å². The zero-order valence-electron chi connectivity index (χ0n) is 12.2. The number of ether oxygens (including phenoxy) is 1. The molecule has 1 heterocycles. The second kappa shape index (κ2) is 7.22. The maximum Gasteiger partial charge on any atom is 0.0649 e. The summed E-state index contributed by atoms with van der Waals surface area (Å²) < 4.78 is 7.81. The lowest BCUT2D eigenvalue weighted by Gasteiger charge is -2.09. The van der Waals surface area contributed by atoms with Gasteiger partial charge in [-0.15, -0.1) is 0 Å². The van der Waals surface area contributed by atoms with Crippen LogP contribution < -0.4 is 0 Å². The molecule has 2 rings (SSSR count). The third-order valence-corrected chi connectivity index (χ3v) is 2.71. The Hall–Kier alpha value is -1.28. The maximum atomic E-state index is 5.57. The highest BCUT2D eigenvalue weighted by Crippen LogP contribution is 2.17. The molecule has 0 N–H and O–H groups in total. The Bertz CT molecular complexity index is 471. The van der Waals surface area contributed by atoms with Crippen LogP contribution in [-0.4, -0.2) is 17.3 Å². The second-order valence-corrected chi connectivity index (χ2v) is 4.49. The molecule has 1 aromatic heterocycles. The van der Waals surface area contributed by atoms with Crippen molar-refractivity contribution in [2.45, 2.75) is 47.3 Å². The second-order valence-electron chi connectivity index (χ2n) is 4.49. The third-order valence-electron chi connectivity index (χ3n) is 2.71. The first-order chi connectivity index (χ1) is 8.66. The number of hydrogen-bond acceptors (Lipinski definition) is 1. The molecule has 0 fully saturated rings. The van der Waals surface area contributed by atoms with Crippen LogP contribution in [0.5, 0.6) is 0 Å². The van der Waals surface area contributed by atoms with Crippen molar-refractivity contribution in [3.8, 4) is 0 Å². The van der Waals surface area contributed by atoms with Crippen LogP contribution in [-0.2, 0) is 11.3 Å². The summed E-state index contributed by atoms with van der Waals surface area (Å²) in [6.07, 6.45) is 2.44. The fourth-order valence-electron chi connectivity index (χ4n) is 1.90. The van der Waals surface area contributed by atoms with Crippen molar-refractivity contribution in [2.24, 2.45) is 0 Å². The van der Waals surface area contributed by atoms with Gasteiger partial charge in [-0.3, -0.25) is 0 Å². The van der Waals surface area contributed by atoms with E-state index in [9.17, 15) is 0 Å². The van der Waals surface area contributed by atoms with E-state index in [0.29, 0.717) is 6.10 Å². The van der Waals surface area contributed by atoms with Gasteiger partial charge in [-0.05, 0) is 44.4 Å². The van der Waals surface area contributed by atoms with E-state index in [-0.39, 0.29) is 0 Å². The fourth-order valence-corrected chi connectivity index (χ4v) is 1.90. The lowest BCUT2D eigenvalue weighted by molar-refractivity contribution is 0.0733. The van der Waals surface area contributed by atoms with Gasteiger partial charge in [0.05, 0.1) is 12.7 Å². The number of hydrogen-bond donors (Lipinski definition) is 0. The van der Waals surface area contributed by atoms with Crippen molar-refractivity contribution in [1.29, 1.82) is 0 Å². The van der Waals surface area contributed by atoms with Crippen LogP contribution in [0, 0.1) is 6.92 Å². The normalized spacial score (nSPS) is 10.6. The summed E-state index contributed by atoms with van der Waals surface area (Å²) in [6.45, 7) is 12.0. The standard InChI is InChI=1S/C14H19NO.C2H6/c1-11(2)16-9-8-15-7-6-13-10-12(3)4-5-14(13)15;1-2/h4-7,10-11H,8-9H2,1-3H3;1-2H3. The Morgan fingerprint density at radius 2 is 1.89 bits per heavy atom. The van der Waals surface area contributed by atoms with E-state index in [1.807, 2.05) is 13.8 Å². The molecule has 0 bridgehead atoms. The van der Waals surface area contributed by atoms with Crippen molar-refractivity contribution in [3.63, 3.8) is 0 Å². The number of nitrogens with zero attached hydrogens (tertiary/aromatic N) is 1. The molecular formula is C16H25NO. The molecule has 0 aliphatic heterocycles. The highest BCUT2D eigenvalue weighted by Gasteiger charge is 2.01. The Morgan fingerprint density at radius 1 is 1.17 bits per heavy atom. The summed E-state index contributed by atoms with van der Waals surface area (Å²) in [4.78, 5) is 0. The monoisotopic (exact) mass is 247 g/mol. The molecule has 0 saturated heterocycles. The molecule has 0 unspecified atom stereocenters. The Morgan fingerprint density at radius 3 is 2.56 bits per heavy atom. The van der Waals surface area contributed by atoms with E-state index in [0.717, 1.165) is 13.2 Å². The van der Waals surface area contributed by atoms with E-state index in [4.69, 9.17) is 4.74 Å². The molecule has 0 saturated carbocycles. The molecule has 0 aliphatic carbocycles. The highest BCUT2D eigenvalue weighted by molar-refractivity contribution is 5.80. The summed E-state index contributed by atoms with van der Waals surface area (Å²) in [6, 6.07) is 8.72. The van der Waals surface area contributed by atoms with Crippen LogP contribution in [0.15, 0.2) is 30.5 Å². The van der Waals surface area contributed by atoms with E-state index in [1.54, 1.807) is 0 Å². The predicted molar refractivity (Wildman–Crippen MR) is 79.1 cm³/mol. The van der Waals surface area contributed by atoms with E-state index >= 15 is 0 Å². The first-order valence-corrected chi connectivity index (χ1v) is 6.84. The zero-order valence-corrected chi connectivity index (χ0v) is 12.2. The van der Waals surface area contributed by atoms with Gasteiger partial charge in [0.2, 0.25) is 0 Å². The summed E-state index contributed by atoms with van der Waals surface area (Å²) in [5.41, 5.74) is 2.60. The van der Waals surface area contributed by atoms with Gasteiger partial charge in [0, 0.05) is 18.3 Å². The molecule has 2 nitrogen and oxygen atoms in total. The molecule has 1 aromatic carbocycles. The van der Waals surface area contributed by atoms with Crippen LogP contribution in [0.3, 0.4) is 0 Å². The number of aryl methyl sites for hydroxylation is 1. The lowest BCUT2D eigenvalue weighted by Crippen LogP contribution is -2.09. The molecule has 0 aliphatic rings. The van der Waals surface area contributed by atoms with Crippen LogP contribution >= 0.6 is 0 Å². The average Bonchev–Trinajstić information content (AvgIpc) is 2.74. The molecule has 0 amide bonds. The first kappa shape index (κ1) is 14.8. The van der Waals surface area contributed by atoms with Crippen molar-refractivity contribution in [2.75, 3.05) is 6.61 Å². The maximum absolute atomic E-state index is 5.57. The van der Waals surface area contributed by atoms with Gasteiger partial charge in [0.1, 0.15) is 0 Å². The zero-order chi connectivity index (χ0) is 13.5. The van der Waals surface area contributed by atoms with Crippen LogP contribution in [0.25, 0.3) is 10.9 Å². The fraction of sp³-hybridized carbons (Fsp3) is 0.500. The van der Waals surface area contributed by atoms with Crippen LogP contribution in [0.4, 0.5) is 0 Å². The largest absolute Gasteiger partial charge is 0.377 e. The third kappa shape index (κ3) is 3.88. The molecule has 0 spiro atoms. The molecule has 100 valence electrons. The topological polar surface area (TPSA) is 14.2 Å². The van der Waals surface area contributed by atoms with Gasteiger partial charge in [-0.25, -0.2) is 0 Å². The number of fused-ring (bicyclic) bond motifs is 1. The van der Waals surface area contributed by atoms with E-state index in [1.165, 1.54) is 16.5 Å². The highest BCUT2D eigenvalue weighted by atomic mass is 16.5. The number of benzene rings is 1. The van der Waals surface area contributed by atoms with Gasteiger partial charge >= 0.3 is 0 Å². The van der Waals surface area contributed by atoms with Gasteiger partial charge in [0.15, 0.2) is 0 Å². The molecule has 2 heteroatoms. The summed E-state index contributed by atoms with van der Waals surface area (Å²) >= 11 is 0. The molecular weight excluding hydrogens is 222 g/mol. The summed E-state index contributed by atoms with van der Waals surface area (Å²) in [7, 11) is 0. The Balaban J connectivity index is 0.000000771. The van der Waals surface area contributed by atoms with E-state index < -0.39 is 0 Å². The van der Waals surface area contributed by atoms with Crippen molar-refractivity contribution in [1.82, 2.24) is 4.57 Å². The van der Waals surface area contributed by atoms with Crippen molar-refractivity contribution in [3.05, 3.63) is 36.0 Å². The first-order valence-electron chi connectivity index (χ1n) is 6.84. The Labute approximate surface area is 111 Å². The number of rotatable bonds is 4. The van der Waals surface area contributed by atoms with E-state index in [2.05, 4.69) is 55.8 Å². The smallest absolute Gasteiger partial charge is 0.0649 e. The quantitative estimate of drug-likeness (QED) is 0.781. The lowest BCUT2D eigenvalue weighted by atomic mass is 10.2. The Kier molecular flexibility index (Phi) is 5.93. The average molecular weight is 247 g/mol. The van der Waals surface area contributed by atoms with Gasteiger partial charge in [0.25, 0.3) is 0 Å². The minimum atomic E-state index is 0.309. The molecule has 0 radical (unpaired) electrons. The van der Waals surface area contributed by atoms with Gasteiger partial charge < -0.3 is 9.30 Å². The SMILES string of the molecule is CC.Cc1ccc2c(ccn2CCOC(C)C)c1. The van der Waals surface area contributed by atoms with Gasteiger partial charge in [-0.1, -0.05) is 25.5 Å². The van der Waals surface area contributed by atoms with Gasteiger partial charge in [-0.2, -0.15) is 0 Å². The molecule has 2 aromatic rings. The molecule has 0 atom stereocenters. The predicted octanol–water partition coefficient (Wildman–Crippen LogP) is 4.40. The minimum Gasteiger partial charge on any atom is -0.377 e. The molecule has 18 heavy (non-hydrogen) atoms. The summed E-state index contributed by atoms with van der Waals surface area (Å²) in [5, 5.41) is 1.31. The van der Waals surface area contributed by atoms with Crippen LogP contribution in [0.1, 0.15) is 33.3 Å². The number of aromatic nitrogens is 1.